The second-order valence-electron chi connectivity index (χ2n) is 3.00. The molecule has 0 atom stereocenters. The summed E-state index contributed by atoms with van der Waals surface area (Å²) in [5.74, 6) is -1.36. The molecule has 0 amide bonds. The molecule has 0 unspecified atom stereocenters. The highest BCUT2D eigenvalue weighted by Crippen LogP contribution is 2.36. The molecule has 0 aromatic carbocycles. The van der Waals surface area contributed by atoms with Crippen molar-refractivity contribution in [1.29, 1.82) is 0 Å². The number of carbonyl (C=O) groups is 1. The van der Waals surface area contributed by atoms with Gasteiger partial charge in [0.2, 0.25) is 0 Å². The molecule has 2 aromatic heterocycles. The number of rotatable bonds is 4. The minimum Gasteiger partial charge on any atom is -0.476 e. The van der Waals surface area contributed by atoms with Crippen molar-refractivity contribution < 1.29 is 22.9 Å². The van der Waals surface area contributed by atoms with Crippen molar-refractivity contribution in [3.63, 3.8) is 0 Å². The molecule has 0 bridgehead atoms. The summed E-state index contributed by atoms with van der Waals surface area (Å²) in [6.07, 6.45) is 0. The van der Waals surface area contributed by atoms with E-state index in [2.05, 4.69) is 4.98 Å². The van der Waals surface area contributed by atoms with Gasteiger partial charge in [-0.15, -0.1) is 22.7 Å². The van der Waals surface area contributed by atoms with E-state index >= 15 is 0 Å². The molecule has 0 aliphatic carbocycles. The van der Waals surface area contributed by atoms with Crippen LogP contribution in [0.15, 0.2) is 23.0 Å². The van der Waals surface area contributed by atoms with E-state index in [1.54, 1.807) is 11.4 Å². The molecule has 0 radical (unpaired) electrons. The van der Waals surface area contributed by atoms with E-state index in [0.29, 0.717) is 4.31 Å². The number of aromatic nitrogens is 1. The number of aromatic carboxylic acids is 1. The zero-order valence-corrected chi connectivity index (χ0v) is 11.0. The van der Waals surface area contributed by atoms with Crippen LogP contribution in [0.2, 0.25) is 0 Å². The molecule has 0 saturated carbocycles. The monoisotopic (exact) mass is 306 g/mol. The molecule has 0 saturated heterocycles. The molecule has 0 fully saturated rings. The molecule has 7 nitrogen and oxygen atoms in total. The molecule has 18 heavy (non-hydrogen) atoms. The lowest BCUT2D eigenvalue weighted by molar-refractivity contribution is 0.0692. The van der Waals surface area contributed by atoms with Crippen LogP contribution in [0.1, 0.15) is 10.5 Å². The third-order valence-corrected chi connectivity index (χ3v) is 4.61. The third-order valence-electron chi connectivity index (χ3n) is 1.87. The lowest BCUT2D eigenvalue weighted by Gasteiger charge is -2.16. The first-order valence-electron chi connectivity index (χ1n) is 4.39. The molecular formula is C8H6N2O5S3. The van der Waals surface area contributed by atoms with Gasteiger partial charge in [0.25, 0.3) is 0 Å². The van der Waals surface area contributed by atoms with E-state index in [9.17, 15) is 17.8 Å². The van der Waals surface area contributed by atoms with Crippen molar-refractivity contribution in [3.05, 3.63) is 28.7 Å². The predicted molar refractivity (Wildman–Crippen MR) is 67.1 cm³/mol. The Balaban J connectivity index is 2.62. The Morgan fingerprint density at radius 1 is 1.39 bits per heavy atom. The fourth-order valence-corrected chi connectivity index (χ4v) is 4.04. The lowest BCUT2D eigenvalue weighted by Crippen LogP contribution is -2.25. The molecular weight excluding hydrogens is 300 g/mol. The number of thiophene rings is 1. The van der Waals surface area contributed by atoms with Crippen LogP contribution in [-0.4, -0.2) is 29.0 Å². The molecule has 2 rings (SSSR count). The maximum atomic E-state index is 11.4. The molecule has 2 heterocycles. The zero-order chi connectivity index (χ0) is 13.3. The SMILES string of the molecule is O=C(O)c1ncsc1N(c1cccs1)S(=O)(=O)O. The van der Waals surface area contributed by atoms with E-state index in [1.807, 2.05) is 0 Å². The van der Waals surface area contributed by atoms with E-state index in [4.69, 9.17) is 5.11 Å². The first-order chi connectivity index (χ1) is 8.41. The van der Waals surface area contributed by atoms with Crippen LogP contribution < -0.4 is 4.31 Å². The second kappa shape index (κ2) is 4.65. The second-order valence-corrected chi connectivity index (χ2v) is 6.02. The van der Waals surface area contributed by atoms with Gasteiger partial charge in [-0.1, -0.05) is 0 Å². The Bertz CT molecular complexity index is 661. The molecule has 0 aliphatic heterocycles. The normalized spacial score (nSPS) is 11.4. The highest BCUT2D eigenvalue weighted by Gasteiger charge is 2.29. The van der Waals surface area contributed by atoms with Crippen LogP contribution in [0.3, 0.4) is 0 Å². The molecule has 2 N–H and O–H groups in total. The standard InChI is InChI=1S/C8H6N2O5S3/c11-8(12)6-7(17-4-9-6)10(18(13,14)15)5-2-1-3-16-5/h1-4H,(H,11,12)(H,13,14,15). The van der Waals surface area contributed by atoms with Crippen LogP contribution >= 0.6 is 22.7 Å². The highest BCUT2D eigenvalue weighted by atomic mass is 32.2. The van der Waals surface area contributed by atoms with Crippen molar-refractivity contribution in [3.8, 4) is 0 Å². The minimum absolute atomic E-state index is 0.160. The van der Waals surface area contributed by atoms with Crippen molar-refractivity contribution in [1.82, 2.24) is 4.98 Å². The van der Waals surface area contributed by atoms with Crippen molar-refractivity contribution in [2.45, 2.75) is 0 Å². The van der Waals surface area contributed by atoms with Gasteiger partial charge >= 0.3 is 16.3 Å². The van der Waals surface area contributed by atoms with Crippen LogP contribution in [-0.2, 0) is 10.3 Å². The maximum absolute atomic E-state index is 11.4. The predicted octanol–water partition coefficient (Wildman–Crippen LogP) is 1.84. The van der Waals surface area contributed by atoms with E-state index < -0.39 is 22.0 Å². The summed E-state index contributed by atoms with van der Waals surface area (Å²) >= 11 is 1.86. The lowest BCUT2D eigenvalue weighted by atomic mass is 10.4. The van der Waals surface area contributed by atoms with Gasteiger partial charge in [0.05, 0.1) is 5.51 Å². The summed E-state index contributed by atoms with van der Waals surface area (Å²) in [6.45, 7) is 0. The molecule has 0 spiro atoms. The molecule has 10 heteroatoms. The summed E-state index contributed by atoms with van der Waals surface area (Å²) in [6, 6.07) is 3.03. The Morgan fingerprint density at radius 3 is 2.61 bits per heavy atom. The summed E-state index contributed by atoms with van der Waals surface area (Å²) in [5, 5.41) is 10.5. The average molecular weight is 306 g/mol. The summed E-state index contributed by atoms with van der Waals surface area (Å²) in [4.78, 5) is 14.5. The Morgan fingerprint density at radius 2 is 2.11 bits per heavy atom. The number of anilines is 2. The first kappa shape index (κ1) is 13.0. The Kier molecular flexibility index (Phi) is 3.34. The average Bonchev–Trinajstić information content (AvgIpc) is 2.86. The van der Waals surface area contributed by atoms with Crippen LogP contribution in [0.4, 0.5) is 10.0 Å². The van der Waals surface area contributed by atoms with Crippen molar-refractivity contribution >= 4 is 48.9 Å². The third kappa shape index (κ3) is 2.36. The van der Waals surface area contributed by atoms with Gasteiger partial charge in [-0.3, -0.25) is 4.55 Å². The molecule has 0 aliphatic rings. The fraction of sp³-hybridized carbons (Fsp3) is 0. The van der Waals surface area contributed by atoms with Gasteiger partial charge in [-0.05, 0) is 17.5 Å². The van der Waals surface area contributed by atoms with E-state index in [-0.39, 0.29) is 10.0 Å². The summed E-state index contributed by atoms with van der Waals surface area (Å²) in [5.41, 5.74) is 0.774. The number of carboxylic acids is 1. The summed E-state index contributed by atoms with van der Waals surface area (Å²) in [7, 11) is -4.62. The number of thiazole rings is 1. The maximum Gasteiger partial charge on any atom is 0.365 e. The minimum atomic E-state index is -4.62. The number of carboxylic acid groups (broad SMARTS) is 1. The first-order valence-corrected chi connectivity index (χ1v) is 7.55. The van der Waals surface area contributed by atoms with Gasteiger partial charge in [0.15, 0.2) is 5.69 Å². The van der Waals surface area contributed by atoms with Gasteiger partial charge in [-0.2, -0.15) is 12.7 Å². The highest BCUT2D eigenvalue weighted by molar-refractivity contribution is 7.88. The Labute approximate surface area is 110 Å². The van der Waals surface area contributed by atoms with Crippen LogP contribution in [0, 0.1) is 0 Å². The number of hydrogen-bond acceptors (Lipinski definition) is 6. The van der Waals surface area contributed by atoms with Crippen molar-refractivity contribution in [2.75, 3.05) is 4.31 Å². The van der Waals surface area contributed by atoms with E-state index in [1.165, 1.54) is 11.6 Å². The molecule has 96 valence electrons. The quantitative estimate of drug-likeness (QED) is 0.834. The van der Waals surface area contributed by atoms with Gasteiger partial charge in [0, 0.05) is 0 Å². The van der Waals surface area contributed by atoms with Gasteiger partial charge in [0.1, 0.15) is 10.0 Å². The summed E-state index contributed by atoms with van der Waals surface area (Å²) < 4.78 is 32.5. The van der Waals surface area contributed by atoms with Gasteiger partial charge in [-0.25, -0.2) is 9.78 Å². The molecule has 2 aromatic rings. The number of nitrogens with zero attached hydrogens (tertiary/aromatic N) is 2. The smallest absolute Gasteiger partial charge is 0.365 e. The van der Waals surface area contributed by atoms with Gasteiger partial charge < -0.3 is 5.11 Å². The topological polar surface area (TPSA) is 108 Å². The van der Waals surface area contributed by atoms with Crippen LogP contribution in [0.5, 0.6) is 0 Å². The fourth-order valence-electron chi connectivity index (χ4n) is 1.23. The Hall–Kier alpha value is -1.49. The number of hydrogen-bond donors (Lipinski definition) is 2. The largest absolute Gasteiger partial charge is 0.476 e. The zero-order valence-electron chi connectivity index (χ0n) is 8.55. The van der Waals surface area contributed by atoms with Crippen LogP contribution in [0.25, 0.3) is 0 Å². The van der Waals surface area contributed by atoms with E-state index in [0.717, 1.165) is 22.7 Å². The van der Waals surface area contributed by atoms with Crippen molar-refractivity contribution in [2.24, 2.45) is 0 Å².